The average Bonchev–Trinajstić information content (AvgIpc) is 3.05. The molecule has 1 aromatic rings. The SMILES string of the molecule is CCCC(N)C(=O)N1CCN(S(=O)(=O)c2ccc(C(N)=O)o2)CC1.Cl. The summed E-state index contributed by atoms with van der Waals surface area (Å²) >= 11 is 0. The summed E-state index contributed by atoms with van der Waals surface area (Å²) in [7, 11) is -3.86. The third-order valence-corrected chi connectivity index (χ3v) is 5.66. The van der Waals surface area contributed by atoms with Crippen LogP contribution in [0.4, 0.5) is 0 Å². The monoisotopic (exact) mass is 394 g/mol. The first kappa shape index (κ1) is 21.4. The molecule has 25 heavy (non-hydrogen) atoms. The van der Waals surface area contributed by atoms with Crippen LogP contribution in [0, 0.1) is 0 Å². The van der Waals surface area contributed by atoms with Gasteiger partial charge in [0.15, 0.2) is 5.76 Å². The minimum absolute atomic E-state index is 0. The third-order valence-electron chi connectivity index (χ3n) is 3.89. The van der Waals surface area contributed by atoms with Gasteiger partial charge in [-0.25, -0.2) is 8.42 Å². The normalized spacial score (nSPS) is 17.0. The van der Waals surface area contributed by atoms with Crippen molar-refractivity contribution in [1.82, 2.24) is 9.21 Å². The molecular weight excluding hydrogens is 372 g/mol. The predicted molar refractivity (Wildman–Crippen MR) is 92.7 cm³/mol. The fourth-order valence-electron chi connectivity index (χ4n) is 2.54. The molecule has 0 aromatic carbocycles. The summed E-state index contributed by atoms with van der Waals surface area (Å²) < 4.78 is 31.2. The molecule has 0 saturated carbocycles. The molecule has 2 rings (SSSR count). The van der Waals surface area contributed by atoms with Gasteiger partial charge in [-0.1, -0.05) is 13.3 Å². The Morgan fingerprint density at radius 1 is 1.24 bits per heavy atom. The Hall–Kier alpha value is -1.62. The lowest BCUT2D eigenvalue weighted by Crippen LogP contribution is -2.54. The van der Waals surface area contributed by atoms with Crippen molar-refractivity contribution in [2.24, 2.45) is 11.5 Å². The van der Waals surface area contributed by atoms with Crippen molar-refractivity contribution >= 4 is 34.2 Å². The van der Waals surface area contributed by atoms with E-state index in [4.69, 9.17) is 15.9 Å². The van der Waals surface area contributed by atoms with Gasteiger partial charge < -0.3 is 20.8 Å². The summed E-state index contributed by atoms with van der Waals surface area (Å²) in [5.74, 6) is -1.22. The van der Waals surface area contributed by atoms with Crippen molar-refractivity contribution in [3.63, 3.8) is 0 Å². The van der Waals surface area contributed by atoms with Crippen molar-refractivity contribution in [2.45, 2.75) is 30.9 Å². The minimum Gasteiger partial charge on any atom is -0.438 e. The van der Waals surface area contributed by atoms with Crippen LogP contribution in [0.3, 0.4) is 0 Å². The van der Waals surface area contributed by atoms with Gasteiger partial charge in [0.2, 0.25) is 11.0 Å². The Labute approximate surface area is 152 Å². The third kappa shape index (κ3) is 4.72. The predicted octanol–water partition coefficient (Wildman–Crippen LogP) is -0.239. The van der Waals surface area contributed by atoms with Gasteiger partial charge in [-0.05, 0) is 18.6 Å². The van der Waals surface area contributed by atoms with Crippen molar-refractivity contribution < 1.29 is 22.4 Å². The Balaban J connectivity index is 0.00000312. The summed E-state index contributed by atoms with van der Waals surface area (Å²) in [6.45, 7) is 2.75. The molecule has 0 bridgehead atoms. The van der Waals surface area contributed by atoms with E-state index in [1.54, 1.807) is 4.90 Å². The van der Waals surface area contributed by atoms with Crippen molar-refractivity contribution in [3.8, 4) is 0 Å². The van der Waals surface area contributed by atoms with Crippen molar-refractivity contribution in [1.29, 1.82) is 0 Å². The minimum atomic E-state index is -3.86. The van der Waals surface area contributed by atoms with Crippen LogP contribution < -0.4 is 11.5 Å². The number of carbonyl (C=O) groups is 2. The molecule has 1 saturated heterocycles. The smallest absolute Gasteiger partial charge is 0.284 e. The maximum atomic E-state index is 12.5. The summed E-state index contributed by atoms with van der Waals surface area (Å²) in [5.41, 5.74) is 10.9. The van der Waals surface area contributed by atoms with E-state index in [1.807, 2.05) is 6.92 Å². The van der Waals surface area contributed by atoms with E-state index in [1.165, 1.54) is 16.4 Å². The number of rotatable bonds is 6. The second kappa shape index (κ2) is 8.65. The molecule has 11 heteroatoms. The van der Waals surface area contributed by atoms with E-state index in [2.05, 4.69) is 0 Å². The van der Waals surface area contributed by atoms with Crippen LogP contribution in [0.1, 0.15) is 30.3 Å². The Kier molecular flexibility index (Phi) is 7.42. The van der Waals surface area contributed by atoms with E-state index in [0.29, 0.717) is 6.42 Å². The number of nitrogens with zero attached hydrogens (tertiary/aromatic N) is 2. The van der Waals surface area contributed by atoms with Crippen LogP contribution in [-0.2, 0) is 14.8 Å². The number of hydrogen-bond acceptors (Lipinski definition) is 6. The van der Waals surface area contributed by atoms with Crippen LogP contribution in [0.5, 0.6) is 0 Å². The zero-order valence-corrected chi connectivity index (χ0v) is 15.5. The second-order valence-corrected chi connectivity index (χ2v) is 7.48. The highest BCUT2D eigenvalue weighted by atomic mass is 35.5. The summed E-state index contributed by atoms with van der Waals surface area (Å²) in [6.07, 6.45) is 1.40. The molecule has 4 N–H and O–H groups in total. The van der Waals surface area contributed by atoms with Gasteiger partial charge in [-0.2, -0.15) is 4.31 Å². The highest BCUT2D eigenvalue weighted by Gasteiger charge is 2.33. The number of hydrogen-bond donors (Lipinski definition) is 2. The fraction of sp³-hybridized carbons (Fsp3) is 0.571. The summed E-state index contributed by atoms with van der Waals surface area (Å²) in [5, 5.41) is -0.334. The maximum Gasteiger partial charge on any atom is 0.284 e. The molecule has 1 fully saturated rings. The number of nitrogens with two attached hydrogens (primary N) is 2. The molecule has 142 valence electrons. The highest BCUT2D eigenvalue weighted by molar-refractivity contribution is 7.89. The van der Waals surface area contributed by atoms with Crippen LogP contribution in [0.15, 0.2) is 21.6 Å². The largest absolute Gasteiger partial charge is 0.438 e. The molecule has 2 amide bonds. The van der Waals surface area contributed by atoms with Gasteiger partial charge in [-0.15, -0.1) is 12.4 Å². The van der Waals surface area contributed by atoms with Gasteiger partial charge in [0.1, 0.15) is 0 Å². The number of piperazine rings is 1. The first-order valence-electron chi connectivity index (χ1n) is 7.71. The molecule has 0 aliphatic carbocycles. The standard InChI is InChI=1S/C14H22N4O5S.ClH/c1-2-3-10(15)14(20)17-6-8-18(9-7-17)24(21,22)12-5-4-11(23-12)13(16)19;/h4-5,10H,2-3,6-9,15H2,1H3,(H2,16,19);1H. The number of furan rings is 1. The Morgan fingerprint density at radius 2 is 1.84 bits per heavy atom. The van der Waals surface area contributed by atoms with Crippen molar-refractivity contribution in [3.05, 3.63) is 17.9 Å². The molecule has 1 unspecified atom stereocenters. The lowest BCUT2D eigenvalue weighted by atomic mass is 10.1. The maximum absolute atomic E-state index is 12.5. The zero-order chi connectivity index (χ0) is 17.9. The fourth-order valence-corrected chi connectivity index (χ4v) is 3.87. The lowest BCUT2D eigenvalue weighted by Gasteiger charge is -2.34. The van der Waals surface area contributed by atoms with Crippen LogP contribution in [0.25, 0.3) is 0 Å². The Bertz CT molecular complexity index is 713. The number of sulfonamides is 1. The van der Waals surface area contributed by atoms with Crippen molar-refractivity contribution in [2.75, 3.05) is 26.2 Å². The van der Waals surface area contributed by atoms with E-state index in [-0.39, 0.29) is 55.3 Å². The molecule has 9 nitrogen and oxygen atoms in total. The first-order chi connectivity index (χ1) is 11.3. The lowest BCUT2D eigenvalue weighted by molar-refractivity contribution is -0.133. The van der Waals surface area contributed by atoms with Crippen LogP contribution in [0.2, 0.25) is 0 Å². The quantitative estimate of drug-likeness (QED) is 0.682. The van der Waals surface area contributed by atoms with Gasteiger partial charge in [0.05, 0.1) is 6.04 Å². The molecule has 1 aromatic heterocycles. The zero-order valence-electron chi connectivity index (χ0n) is 13.9. The van der Waals surface area contributed by atoms with Gasteiger partial charge in [0, 0.05) is 26.2 Å². The van der Waals surface area contributed by atoms with E-state index >= 15 is 0 Å². The molecule has 0 spiro atoms. The number of halogens is 1. The Morgan fingerprint density at radius 3 is 2.32 bits per heavy atom. The van der Waals surface area contributed by atoms with E-state index in [9.17, 15) is 18.0 Å². The molecule has 1 aliphatic heterocycles. The van der Waals surface area contributed by atoms with Gasteiger partial charge >= 0.3 is 0 Å². The van der Waals surface area contributed by atoms with Crippen LogP contribution in [-0.4, -0.2) is 61.7 Å². The number of primary amides is 1. The summed E-state index contributed by atoms with van der Waals surface area (Å²) in [6, 6.07) is 1.87. The van der Waals surface area contributed by atoms with Gasteiger partial charge in [-0.3, -0.25) is 9.59 Å². The number of amides is 2. The van der Waals surface area contributed by atoms with Gasteiger partial charge in [0.25, 0.3) is 15.9 Å². The average molecular weight is 395 g/mol. The molecule has 1 atom stereocenters. The second-order valence-electron chi connectivity index (χ2n) is 5.61. The molecule has 0 radical (unpaired) electrons. The first-order valence-corrected chi connectivity index (χ1v) is 9.15. The number of carbonyl (C=O) groups excluding carboxylic acids is 2. The van der Waals surface area contributed by atoms with Crippen LogP contribution >= 0.6 is 12.4 Å². The molecule has 2 heterocycles. The molecule has 1 aliphatic rings. The summed E-state index contributed by atoms with van der Waals surface area (Å²) in [4.78, 5) is 24.7. The highest BCUT2D eigenvalue weighted by Crippen LogP contribution is 2.20. The topological polar surface area (TPSA) is 140 Å². The van der Waals surface area contributed by atoms with E-state index < -0.39 is 22.0 Å². The molecular formula is C14H23ClN4O5S. The van der Waals surface area contributed by atoms with E-state index in [0.717, 1.165) is 6.42 Å².